The molecule has 94 valence electrons. The number of aliphatic hydroxyl groups is 1. The van der Waals surface area contributed by atoms with Crippen molar-refractivity contribution in [2.75, 3.05) is 0 Å². The maximum atomic E-state index is 11.6. The van der Waals surface area contributed by atoms with E-state index in [1.165, 1.54) is 0 Å². The zero-order valence-corrected chi connectivity index (χ0v) is 10.2. The van der Waals surface area contributed by atoms with E-state index in [1.807, 2.05) is 13.8 Å². The van der Waals surface area contributed by atoms with Crippen molar-refractivity contribution in [1.82, 2.24) is 4.98 Å². The lowest BCUT2D eigenvalue weighted by Gasteiger charge is -2.18. The lowest BCUT2D eigenvalue weighted by molar-refractivity contribution is -0.0664. The van der Waals surface area contributed by atoms with Crippen LogP contribution in [0.1, 0.15) is 26.0 Å². The van der Waals surface area contributed by atoms with Gasteiger partial charge in [-0.15, -0.1) is 0 Å². The fourth-order valence-corrected chi connectivity index (χ4v) is 1.86. The van der Waals surface area contributed by atoms with Crippen LogP contribution in [-0.4, -0.2) is 22.5 Å². The highest BCUT2D eigenvalue weighted by Crippen LogP contribution is 2.32. The summed E-state index contributed by atoms with van der Waals surface area (Å²) in [6, 6.07) is 1.69. The normalized spacial score (nSPS) is 19.7. The summed E-state index contributed by atoms with van der Waals surface area (Å²) < 4.78 is 10.8. The first kappa shape index (κ1) is 12.0. The predicted octanol–water partition coefficient (Wildman–Crippen LogP) is 1.19. The zero-order valence-electron chi connectivity index (χ0n) is 10.2. The lowest BCUT2D eigenvalue weighted by atomic mass is 10.1. The second-order valence-corrected chi connectivity index (χ2v) is 4.78. The van der Waals surface area contributed by atoms with E-state index in [9.17, 15) is 9.90 Å². The fraction of sp³-hybridized carbons (Fsp3) is 0.583. The van der Waals surface area contributed by atoms with Crippen molar-refractivity contribution in [2.24, 2.45) is 5.92 Å². The minimum atomic E-state index is -0.782. The molecule has 1 aliphatic rings. The van der Waals surface area contributed by atoms with E-state index in [1.54, 1.807) is 13.0 Å². The molecule has 1 aliphatic heterocycles. The van der Waals surface area contributed by atoms with E-state index in [4.69, 9.17) is 9.47 Å². The number of hydrogen-bond donors (Lipinski definition) is 2. The van der Waals surface area contributed by atoms with Crippen LogP contribution in [0.15, 0.2) is 10.9 Å². The molecule has 0 saturated heterocycles. The van der Waals surface area contributed by atoms with Gasteiger partial charge in [0, 0.05) is 11.8 Å². The Labute approximate surface area is 99.4 Å². The standard InChI is InChI=1S/C12H17NO4/c1-6(2)4-8(14)12-16-9-5-7(3)13-11(15)10(9)17-12/h5-6,8,12,14H,4H2,1-3H3,(H,13,15)/t8-,12+/m0/s1. The second-order valence-electron chi connectivity index (χ2n) is 4.78. The summed E-state index contributed by atoms with van der Waals surface area (Å²) in [5, 5.41) is 9.89. The van der Waals surface area contributed by atoms with Crippen molar-refractivity contribution in [3.8, 4) is 11.5 Å². The molecule has 0 radical (unpaired) electrons. The number of hydrogen-bond acceptors (Lipinski definition) is 4. The summed E-state index contributed by atoms with van der Waals surface area (Å²) in [7, 11) is 0. The molecule has 2 heterocycles. The average molecular weight is 239 g/mol. The minimum Gasteiger partial charge on any atom is -0.448 e. The maximum Gasteiger partial charge on any atom is 0.294 e. The largest absolute Gasteiger partial charge is 0.448 e. The number of aryl methyl sites for hydroxylation is 1. The number of aliphatic hydroxyl groups excluding tert-OH is 1. The Hall–Kier alpha value is -1.49. The van der Waals surface area contributed by atoms with Gasteiger partial charge in [-0.05, 0) is 19.3 Å². The monoisotopic (exact) mass is 239 g/mol. The van der Waals surface area contributed by atoms with Gasteiger partial charge in [-0.25, -0.2) is 0 Å². The smallest absolute Gasteiger partial charge is 0.294 e. The molecule has 0 aliphatic carbocycles. The molecular formula is C12H17NO4. The molecule has 5 heteroatoms. The van der Waals surface area contributed by atoms with Gasteiger partial charge in [0.15, 0.2) is 5.75 Å². The van der Waals surface area contributed by atoms with Gasteiger partial charge in [0.05, 0.1) is 0 Å². The van der Waals surface area contributed by atoms with Gasteiger partial charge in [0.1, 0.15) is 6.10 Å². The Kier molecular flexibility index (Phi) is 3.11. The number of aromatic nitrogens is 1. The molecule has 2 N–H and O–H groups in total. The highest BCUT2D eigenvalue weighted by molar-refractivity contribution is 5.41. The van der Waals surface area contributed by atoms with Crippen LogP contribution >= 0.6 is 0 Å². The Morgan fingerprint density at radius 3 is 2.82 bits per heavy atom. The highest BCUT2D eigenvalue weighted by Gasteiger charge is 2.33. The fourth-order valence-electron chi connectivity index (χ4n) is 1.86. The van der Waals surface area contributed by atoms with Gasteiger partial charge in [0.2, 0.25) is 5.75 Å². The van der Waals surface area contributed by atoms with Crippen molar-refractivity contribution >= 4 is 0 Å². The van der Waals surface area contributed by atoms with Crippen LogP contribution in [0.4, 0.5) is 0 Å². The molecule has 0 bridgehead atoms. The lowest BCUT2D eigenvalue weighted by Crippen LogP contribution is -2.34. The Morgan fingerprint density at radius 2 is 2.18 bits per heavy atom. The molecule has 0 unspecified atom stereocenters. The van der Waals surface area contributed by atoms with Gasteiger partial charge in [-0.2, -0.15) is 0 Å². The Balaban J connectivity index is 2.16. The van der Waals surface area contributed by atoms with Crippen molar-refractivity contribution < 1.29 is 14.6 Å². The molecule has 5 nitrogen and oxygen atoms in total. The van der Waals surface area contributed by atoms with Crippen LogP contribution in [0.3, 0.4) is 0 Å². The second kappa shape index (κ2) is 4.41. The van der Waals surface area contributed by atoms with Crippen LogP contribution in [0.2, 0.25) is 0 Å². The van der Waals surface area contributed by atoms with Crippen molar-refractivity contribution in [3.05, 3.63) is 22.1 Å². The summed E-state index contributed by atoms with van der Waals surface area (Å²) in [5.41, 5.74) is 0.385. The van der Waals surface area contributed by atoms with Gasteiger partial charge in [-0.3, -0.25) is 4.79 Å². The molecule has 0 aromatic carbocycles. The summed E-state index contributed by atoms with van der Waals surface area (Å²) in [6.45, 7) is 5.77. The van der Waals surface area contributed by atoms with Crippen LogP contribution < -0.4 is 15.0 Å². The van der Waals surface area contributed by atoms with Crippen LogP contribution in [0.5, 0.6) is 11.5 Å². The minimum absolute atomic E-state index is 0.156. The number of H-pyrrole nitrogens is 1. The Bertz CT molecular complexity index is 466. The molecule has 1 aromatic heterocycles. The molecule has 0 spiro atoms. The SMILES string of the molecule is Cc1cc2c(c(=O)[nH]1)O[C@H]([C@@H](O)CC(C)C)O2. The Morgan fingerprint density at radius 1 is 1.47 bits per heavy atom. The maximum absolute atomic E-state index is 11.6. The topological polar surface area (TPSA) is 71.6 Å². The number of rotatable bonds is 3. The first-order chi connectivity index (χ1) is 7.97. The first-order valence-electron chi connectivity index (χ1n) is 5.72. The third-order valence-corrected chi connectivity index (χ3v) is 2.59. The summed E-state index contributed by atoms with van der Waals surface area (Å²) >= 11 is 0. The van der Waals surface area contributed by atoms with Gasteiger partial charge < -0.3 is 19.6 Å². The summed E-state index contributed by atoms with van der Waals surface area (Å²) in [5.74, 6) is 0.892. The van der Waals surface area contributed by atoms with E-state index in [0.717, 1.165) is 0 Å². The third-order valence-electron chi connectivity index (χ3n) is 2.59. The van der Waals surface area contributed by atoms with Crippen LogP contribution in [-0.2, 0) is 0 Å². The number of aromatic amines is 1. The zero-order chi connectivity index (χ0) is 12.6. The summed E-state index contributed by atoms with van der Waals surface area (Å²) in [6.07, 6.45) is -0.951. The van der Waals surface area contributed by atoms with Crippen LogP contribution in [0, 0.1) is 12.8 Å². The molecule has 0 saturated carbocycles. The van der Waals surface area contributed by atoms with E-state index >= 15 is 0 Å². The van der Waals surface area contributed by atoms with E-state index in [-0.39, 0.29) is 11.3 Å². The van der Waals surface area contributed by atoms with Gasteiger partial charge in [-0.1, -0.05) is 13.8 Å². The van der Waals surface area contributed by atoms with Crippen molar-refractivity contribution in [1.29, 1.82) is 0 Å². The van der Waals surface area contributed by atoms with Gasteiger partial charge in [0.25, 0.3) is 11.8 Å². The number of nitrogens with one attached hydrogen (secondary N) is 1. The number of pyridine rings is 1. The van der Waals surface area contributed by atoms with E-state index in [2.05, 4.69) is 4.98 Å². The molecule has 2 rings (SSSR count). The number of fused-ring (bicyclic) bond motifs is 1. The molecule has 17 heavy (non-hydrogen) atoms. The molecular weight excluding hydrogens is 222 g/mol. The molecule has 1 aromatic rings. The average Bonchev–Trinajstić information content (AvgIpc) is 2.60. The first-order valence-corrected chi connectivity index (χ1v) is 5.72. The van der Waals surface area contributed by atoms with Crippen molar-refractivity contribution in [2.45, 2.75) is 39.6 Å². The van der Waals surface area contributed by atoms with Crippen LogP contribution in [0.25, 0.3) is 0 Å². The molecule has 0 amide bonds. The molecule has 2 atom stereocenters. The highest BCUT2D eigenvalue weighted by atomic mass is 16.7. The third kappa shape index (κ3) is 2.44. The molecule has 0 fully saturated rings. The predicted molar refractivity (Wildman–Crippen MR) is 62.3 cm³/mol. The quantitative estimate of drug-likeness (QED) is 0.831. The summed E-state index contributed by atoms with van der Waals surface area (Å²) in [4.78, 5) is 14.2. The van der Waals surface area contributed by atoms with Crippen molar-refractivity contribution in [3.63, 3.8) is 0 Å². The van der Waals surface area contributed by atoms with Gasteiger partial charge >= 0.3 is 0 Å². The van der Waals surface area contributed by atoms with E-state index in [0.29, 0.717) is 23.8 Å². The number of ether oxygens (including phenoxy) is 2. The van der Waals surface area contributed by atoms with E-state index < -0.39 is 12.4 Å².